The molecule has 1 N–H and O–H groups in total. The van der Waals surface area contributed by atoms with E-state index in [2.05, 4.69) is 35.2 Å². The van der Waals surface area contributed by atoms with Crippen LogP contribution in [0.25, 0.3) is 11.3 Å². The Hall–Kier alpha value is -3.29. The second-order valence-corrected chi connectivity index (χ2v) is 9.65. The Labute approximate surface area is 193 Å². The van der Waals surface area contributed by atoms with Gasteiger partial charge in [0.2, 0.25) is 5.91 Å². The van der Waals surface area contributed by atoms with Gasteiger partial charge in [-0.1, -0.05) is 37.7 Å². The number of benzene rings is 1. The average Bonchev–Trinajstić information content (AvgIpc) is 3.22. The zero-order chi connectivity index (χ0) is 23.3. The molecule has 0 radical (unpaired) electrons. The number of rotatable bonds is 8. The summed E-state index contributed by atoms with van der Waals surface area (Å²) in [6, 6.07) is 11.9. The average molecular weight is 468 g/mol. The Bertz CT molecular complexity index is 1190. The molecule has 0 spiro atoms. The second kappa shape index (κ2) is 10.3. The van der Waals surface area contributed by atoms with Crippen LogP contribution in [0.2, 0.25) is 0 Å². The summed E-state index contributed by atoms with van der Waals surface area (Å²) in [5.41, 5.74) is 2.44. The predicted octanol–water partition coefficient (Wildman–Crippen LogP) is 5.30. The second-order valence-electron chi connectivity index (χ2n) is 7.46. The van der Waals surface area contributed by atoms with Crippen molar-refractivity contribution >= 4 is 39.8 Å². The molecule has 8 nitrogen and oxygen atoms in total. The SMILES string of the molecule is CC(C)Cc1ccc(C#N)c(SC(C)C(=O)Nc2nc(-c3cccc([N+](=O)[O-])c3)cs2)n1. The molecule has 32 heavy (non-hydrogen) atoms. The summed E-state index contributed by atoms with van der Waals surface area (Å²) in [4.78, 5) is 32.2. The maximum atomic E-state index is 12.7. The number of hydrogen-bond acceptors (Lipinski definition) is 8. The van der Waals surface area contributed by atoms with Crippen molar-refractivity contribution in [2.75, 3.05) is 5.32 Å². The van der Waals surface area contributed by atoms with E-state index < -0.39 is 10.2 Å². The van der Waals surface area contributed by atoms with Crippen molar-refractivity contribution in [3.05, 3.63) is 63.1 Å². The number of nitro benzene ring substituents is 1. The zero-order valence-electron chi connectivity index (χ0n) is 17.7. The molecule has 2 heterocycles. The van der Waals surface area contributed by atoms with Gasteiger partial charge in [0, 0.05) is 28.8 Å². The van der Waals surface area contributed by atoms with Crippen LogP contribution in [-0.4, -0.2) is 26.0 Å². The number of aromatic nitrogens is 2. The van der Waals surface area contributed by atoms with Crippen molar-refractivity contribution in [3.63, 3.8) is 0 Å². The standard InChI is InChI=1S/C22H21N5O3S2/c1-13(2)9-17-8-7-16(11-23)21(24-17)32-14(3)20(28)26-22-25-19(12-31-22)15-5-4-6-18(10-15)27(29)30/h4-8,10,12-14H,9H2,1-3H3,(H,25,26,28). The first kappa shape index (κ1) is 23.4. The molecule has 2 aromatic heterocycles. The first-order valence-corrected chi connectivity index (χ1v) is 11.6. The van der Waals surface area contributed by atoms with Crippen LogP contribution >= 0.6 is 23.1 Å². The highest BCUT2D eigenvalue weighted by molar-refractivity contribution is 8.00. The molecule has 1 amide bonds. The van der Waals surface area contributed by atoms with E-state index in [-0.39, 0.29) is 11.6 Å². The van der Waals surface area contributed by atoms with Crippen LogP contribution in [0, 0.1) is 27.4 Å². The summed E-state index contributed by atoms with van der Waals surface area (Å²) in [5.74, 6) is 0.161. The van der Waals surface area contributed by atoms with Gasteiger partial charge in [0.25, 0.3) is 5.69 Å². The number of carbonyl (C=O) groups is 1. The van der Waals surface area contributed by atoms with Crippen molar-refractivity contribution < 1.29 is 9.72 Å². The van der Waals surface area contributed by atoms with Crippen molar-refractivity contribution in [3.8, 4) is 17.3 Å². The number of nitrogens with one attached hydrogen (secondary N) is 1. The van der Waals surface area contributed by atoms with Crippen LogP contribution in [0.3, 0.4) is 0 Å². The molecule has 1 unspecified atom stereocenters. The molecular weight excluding hydrogens is 446 g/mol. The molecule has 0 saturated carbocycles. The molecule has 0 aliphatic rings. The summed E-state index contributed by atoms with van der Waals surface area (Å²) in [5, 5.41) is 25.3. The van der Waals surface area contributed by atoms with E-state index in [1.54, 1.807) is 30.5 Å². The van der Waals surface area contributed by atoms with Gasteiger partial charge in [-0.05, 0) is 31.4 Å². The van der Waals surface area contributed by atoms with Gasteiger partial charge in [-0.3, -0.25) is 14.9 Å². The lowest BCUT2D eigenvalue weighted by atomic mass is 10.1. The number of pyridine rings is 1. The number of thiazole rings is 1. The molecular formula is C22H21N5O3S2. The maximum Gasteiger partial charge on any atom is 0.270 e. The van der Waals surface area contributed by atoms with Gasteiger partial charge in [-0.15, -0.1) is 11.3 Å². The monoisotopic (exact) mass is 467 g/mol. The topological polar surface area (TPSA) is 122 Å². The van der Waals surface area contributed by atoms with E-state index in [1.165, 1.54) is 35.2 Å². The highest BCUT2D eigenvalue weighted by Crippen LogP contribution is 2.29. The van der Waals surface area contributed by atoms with Crippen molar-refractivity contribution in [2.45, 2.75) is 37.5 Å². The minimum absolute atomic E-state index is 0.0217. The van der Waals surface area contributed by atoms with Crippen LogP contribution in [0.15, 0.2) is 46.8 Å². The summed E-state index contributed by atoms with van der Waals surface area (Å²) in [7, 11) is 0. The van der Waals surface area contributed by atoms with Gasteiger partial charge in [-0.2, -0.15) is 5.26 Å². The molecule has 0 aliphatic carbocycles. The Morgan fingerprint density at radius 2 is 2.06 bits per heavy atom. The number of amides is 1. The van der Waals surface area contributed by atoms with Gasteiger partial charge in [-0.25, -0.2) is 9.97 Å². The smallest absolute Gasteiger partial charge is 0.270 e. The van der Waals surface area contributed by atoms with E-state index in [4.69, 9.17) is 0 Å². The number of hydrogen-bond donors (Lipinski definition) is 1. The summed E-state index contributed by atoms with van der Waals surface area (Å²) >= 11 is 2.47. The third kappa shape index (κ3) is 5.90. The van der Waals surface area contributed by atoms with Crippen LogP contribution in [0.5, 0.6) is 0 Å². The largest absolute Gasteiger partial charge is 0.301 e. The molecule has 1 aromatic carbocycles. The summed E-state index contributed by atoms with van der Waals surface area (Å²) < 4.78 is 0. The molecule has 164 valence electrons. The summed E-state index contributed by atoms with van der Waals surface area (Å²) in [6.07, 6.45) is 0.791. The van der Waals surface area contributed by atoms with Crippen molar-refractivity contribution in [1.82, 2.24) is 9.97 Å². The van der Waals surface area contributed by atoms with Crippen LogP contribution < -0.4 is 5.32 Å². The Morgan fingerprint density at radius 1 is 1.28 bits per heavy atom. The quantitative estimate of drug-likeness (QED) is 0.271. The first-order chi connectivity index (χ1) is 15.3. The van der Waals surface area contributed by atoms with Gasteiger partial charge < -0.3 is 5.32 Å². The van der Waals surface area contributed by atoms with E-state index in [0.29, 0.717) is 32.9 Å². The molecule has 10 heteroatoms. The number of carbonyl (C=O) groups excluding carboxylic acids is 1. The van der Waals surface area contributed by atoms with E-state index in [0.717, 1.165) is 12.1 Å². The summed E-state index contributed by atoms with van der Waals surface area (Å²) in [6.45, 7) is 5.93. The lowest BCUT2D eigenvalue weighted by Crippen LogP contribution is -2.22. The first-order valence-electron chi connectivity index (χ1n) is 9.84. The fraction of sp³-hybridized carbons (Fsp3) is 0.273. The minimum atomic E-state index is -0.505. The third-order valence-electron chi connectivity index (χ3n) is 4.40. The molecule has 0 aliphatic heterocycles. The fourth-order valence-corrected chi connectivity index (χ4v) is 4.49. The number of anilines is 1. The fourth-order valence-electron chi connectivity index (χ4n) is 2.86. The van der Waals surface area contributed by atoms with E-state index >= 15 is 0 Å². The molecule has 3 rings (SSSR count). The van der Waals surface area contributed by atoms with E-state index in [9.17, 15) is 20.2 Å². The van der Waals surface area contributed by atoms with Gasteiger partial charge in [0.1, 0.15) is 11.1 Å². The normalized spacial score (nSPS) is 11.7. The van der Waals surface area contributed by atoms with E-state index in [1.807, 2.05) is 6.07 Å². The van der Waals surface area contributed by atoms with Crippen molar-refractivity contribution in [1.29, 1.82) is 5.26 Å². The van der Waals surface area contributed by atoms with Gasteiger partial charge in [0.15, 0.2) is 5.13 Å². The van der Waals surface area contributed by atoms with Gasteiger partial charge >= 0.3 is 0 Å². The number of non-ortho nitro benzene ring substituents is 1. The number of nitrogens with zero attached hydrogens (tertiary/aromatic N) is 4. The molecule has 0 saturated heterocycles. The Morgan fingerprint density at radius 3 is 2.75 bits per heavy atom. The lowest BCUT2D eigenvalue weighted by molar-refractivity contribution is -0.384. The number of nitro groups is 1. The highest BCUT2D eigenvalue weighted by Gasteiger charge is 2.20. The Kier molecular flexibility index (Phi) is 7.56. The highest BCUT2D eigenvalue weighted by atomic mass is 32.2. The van der Waals surface area contributed by atoms with Crippen LogP contribution in [-0.2, 0) is 11.2 Å². The number of thioether (sulfide) groups is 1. The number of nitriles is 1. The maximum absolute atomic E-state index is 12.7. The predicted molar refractivity (Wildman–Crippen MR) is 126 cm³/mol. The molecule has 0 bridgehead atoms. The molecule has 1 atom stereocenters. The third-order valence-corrected chi connectivity index (χ3v) is 6.26. The molecule has 3 aromatic rings. The van der Waals surface area contributed by atoms with Crippen LogP contribution in [0.1, 0.15) is 32.0 Å². The Balaban J connectivity index is 1.70. The van der Waals surface area contributed by atoms with Crippen molar-refractivity contribution in [2.24, 2.45) is 5.92 Å². The zero-order valence-corrected chi connectivity index (χ0v) is 19.4. The molecule has 0 fully saturated rings. The minimum Gasteiger partial charge on any atom is -0.301 e. The lowest BCUT2D eigenvalue weighted by Gasteiger charge is -2.12. The van der Waals surface area contributed by atoms with Gasteiger partial charge in [0.05, 0.1) is 21.4 Å². The van der Waals surface area contributed by atoms with Crippen LogP contribution in [0.4, 0.5) is 10.8 Å².